The van der Waals surface area contributed by atoms with Crippen molar-refractivity contribution in [2.24, 2.45) is 0 Å². The second kappa shape index (κ2) is 7.87. The van der Waals surface area contributed by atoms with Crippen LogP contribution in [-0.2, 0) is 0 Å². The van der Waals surface area contributed by atoms with Gasteiger partial charge in [0.15, 0.2) is 0 Å². The number of ether oxygens (including phenoxy) is 1. The first-order chi connectivity index (χ1) is 10.6. The Labute approximate surface area is 184 Å². The molecule has 0 aliphatic heterocycles. The van der Waals surface area contributed by atoms with Gasteiger partial charge in [0.05, 0.1) is 24.3 Å². The SMILES string of the molecule is COc1cccc(-c2cc(C(=O)[O-])c3cc(Br)ccc3n2)c1.[K+]. The van der Waals surface area contributed by atoms with Crippen molar-refractivity contribution in [2.75, 3.05) is 7.11 Å². The fourth-order valence-corrected chi connectivity index (χ4v) is 2.66. The molecule has 23 heavy (non-hydrogen) atoms. The van der Waals surface area contributed by atoms with E-state index in [2.05, 4.69) is 20.9 Å². The molecular formula is C17H11BrKNO3. The molecule has 1 aromatic heterocycles. The molecule has 0 unspecified atom stereocenters. The van der Waals surface area contributed by atoms with E-state index in [1.165, 1.54) is 6.07 Å². The van der Waals surface area contributed by atoms with E-state index in [1.807, 2.05) is 30.3 Å². The Kier molecular flexibility index (Phi) is 6.36. The number of carboxylic acids is 1. The van der Waals surface area contributed by atoms with Crippen LogP contribution in [0.3, 0.4) is 0 Å². The number of hydrogen-bond donors (Lipinski definition) is 0. The molecule has 1 heterocycles. The molecule has 0 radical (unpaired) electrons. The smallest absolute Gasteiger partial charge is 0.545 e. The first-order valence-corrected chi connectivity index (χ1v) is 7.34. The molecule has 0 amide bonds. The molecule has 3 rings (SSSR count). The van der Waals surface area contributed by atoms with Gasteiger partial charge in [0.1, 0.15) is 5.75 Å². The third-order valence-corrected chi connectivity index (χ3v) is 3.85. The Bertz CT molecular complexity index is 883. The van der Waals surface area contributed by atoms with E-state index in [0.717, 1.165) is 10.0 Å². The fraction of sp³-hybridized carbons (Fsp3) is 0.0588. The average molecular weight is 396 g/mol. The monoisotopic (exact) mass is 395 g/mol. The minimum Gasteiger partial charge on any atom is -0.545 e. The fourth-order valence-electron chi connectivity index (χ4n) is 2.30. The number of rotatable bonds is 3. The van der Waals surface area contributed by atoms with Gasteiger partial charge < -0.3 is 14.6 Å². The number of carbonyl (C=O) groups excluding carboxylic acids is 1. The van der Waals surface area contributed by atoms with Crippen molar-refractivity contribution < 1.29 is 66.0 Å². The zero-order valence-electron chi connectivity index (χ0n) is 12.7. The maximum atomic E-state index is 11.5. The van der Waals surface area contributed by atoms with E-state index < -0.39 is 5.97 Å². The largest absolute Gasteiger partial charge is 1.00 e. The number of carbonyl (C=O) groups is 1. The number of aromatic carboxylic acids is 1. The summed E-state index contributed by atoms with van der Waals surface area (Å²) in [4.78, 5) is 16.0. The van der Waals surface area contributed by atoms with Gasteiger partial charge in [-0.3, -0.25) is 0 Å². The summed E-state index contributed by atoms with van der Waals surface area (Å²) in [6, 6.07) is 14.2. The van der Waals surface area contributed by atoms with Gasteiger partial charge in [-0.2, -0.15) is 0 Å². The molecule has 3 aromatic rings. The van der Waals surface area contributed by atoms with Crippen LogP contribution >= 0.6 is 15.9 Å². The number of methoxy groups -OCH3 is 1. The van der Waals surface area contributed by atoms with Crippen LogP contribution in [0.4, 0.5) is 0 Å². The van der Waals surface area contributed by atoms with Crippen LogP contribution in [-0.4, -0.2) is 18.1 Å². The predicted octanol–water partition coefficient (Wildman–Crippen LogP) is 0.0404. The molecule has 0 aliphatic carbocycles. The quantitative estimate of drug-likeness (QED) is 0.587. The van der Waals surface area contributed by atoms with E-state index in [9.17, 15) is 9.90 Å². The van der Waals surface area contributed by atoms with Gasteiger partial charge in [-0.15, -0.1) is 0 Å². The third kappa shape index (κ3) is 4.02. The van der Waals surface area contributed by atoms with Crippen LogP contribution in [0, 0.1) is 0 Å². The van der Waals surface area contributed by atoms with Crippen molar-refractivity contribution in [2.45, 2.75) is 0 Å². The van der Waals surface area contributed by atoms with Crippen molar-refractivity contribution in [1.82, 2.24) is 4.98 Å². The van der Waals surface area contributed by atoms with Crippen molar-refractivity contribution in [3.63, 3.8) is 0 Å². The molecule has 0 spiro atoms. The van der Waals surface area contributed by atoms with Gasteiger partial charge >= 0.3 is 51.4 Å². The van der Waals surface area contributed by atoms with E-state index in [0.29, 0.717) is 22.3 Å². The molecule has 0 bridgehead atoms. The van der Waals surface area contributed by atoms with E-state index in [1.54, 1.807) is 19.2 Å². The number of benzene rings is 2. The number of aromatic nitrogens is 1. The van der Waals surface area contributed by atoms with Crippen LogP contribution in [0.25, 0.3) is 22.2 Å². The van der Waals surface area contributed by atoms with Crippen molar-refractivity contribution >= 4 is 32.8 Å². The Morgan fingerprint density at radius 2 is 1.96 bits per heavy atom. The molecule has 0 saturated heterocycles. The van der Waals surface area contributed by atoms with Gasteiger partial charge in [-0.1, -0.05) is 28.1 Å². The molecule has 110 valence electrons. The van der Waals surface area contributed by atoms with Crippen LogP contribution in [0.5, 0.6) is 5.75 Å². The number of fused-ring (bicyclic) bond motifs is 1. The van der Waals surface area contributed by atoms with E-state index in [-0.39, 0.29) is 56.9 Å². The molecule has 0 atom stereocenters. The second-order valence-corrected chi connectivity index (χ2v) is 5.65. The minimum atomic E-state index is -1.23. The Morgan fingerprint density at radius 3 is 2.65 bits per heavy atom. The summed E-state index contributed by atoms with van der Waals surface area (Å²) in [6.07, 6.45) is 0. The normalized spacial score (nSPS) is 10.2. The van der Waals surface area contributed by atoms with Crippen LogP contribution < -0.4 is 61.2 Å². The molecule has 0 saturated carbocycles. The third-order valence-electron chi connectivity index (χ3n) is 3.36. The molecule has 2 aromatic carbocycles. The summed E-state index contributed by atoms with van der Waals surface area (Å²) in [7, 11) is 1.58. The second-order valence-electron chi connectivity index (χ2n) is 4.74. The van der Waals surface area contributed by atoms with Gasteiger partial charge in [0, 0.05) is 21.0 Å². The summed E-state index contributed by atoms with van der Waals surface area (Å²) in [5.74, 6) is -0.542. The number of halogens is 1. The first-order valence-electron chi connectivity index (χ1n) is 6.54. The molecular weight excluding hydrogens is 385 g/mol. The molecule has 6 heteroatoms. The minimum absolute atomic E-state index is 0. The molecule has 0 N–H and O–H groups in total. The molecule has 4 nitrogen and oxygen atoms in total. The van der Waals surface area contributed by atoms with Gasteiger partial charge in [-0.05, 0) is 36.4 Å². The molecule has 0 fully saturated rings. The first kappa shape index (κ1) is 18.6. The van der Waals surface area contributed by atoms with Crippen molar-refractivity contribution in [3.8, 4) is 17.0 Å². The number of hydrogen-bond acceptors (Lipinski definition) is 4. The van der Waals surface area contributed by atoms with E-state index >= 15 is 0 Å². The summed E-state index contributed by atoms with van der Waals surface area (Å²) in [5.41, 5.74) is 2.06. The standard InChI is InChI=1S/C17H12BrNO3.K/c1-22-12-4-2-3-10(7-12)16-9-14(17(20)21)13-8-11(18)5-6-15(13)19-16;/h2-9H,1H3,(H,20,21);/q;+1/p-1. The van der Waals surface area contributed by atoms with Crippen LogP contribution in [0.2, 0.25) is 0 Å². The summed E-state index contributed by atoms with van der Waals surface area (Å²) >= 11 is 3.34. The number of pyridine rings is 1. The molecule has 0 aliphatic rings. The van der Waals surface area contributed by atoms with Gasteiger partial charge in [-0.25, -0.2) is 4.98 Å². The summed E-state index contributed by atoms with van der Waals surface area (Å²) in [6.45, 7) is 0. The predicted molar refractivity (Wildman–Crippen MR) is 85.8 cm³/mol. The van der Waals surface area contributed by atoms with Crippen molar-refractivity contribution in [1.29, 1.82) is 0 Å². The topological polar surface area (TPSA) is 62.2 Å². The number of carboxylic acid groups (broad SMARTS) is 1. The number of nitrogens with zero attached hydrogens (tertiary/aromatic N) is 1. The summed E-state index contributed by atoms with van der Waals surface area (Å²) in [5, 5.41) is 12.0. The zero-order valence-corrected chi connectivity index (χ0v) is 17.4. The van der Waals surface area contributed by atoms with E-state index in [4.69, 9.17) is 4.74 Å². The van der Waals surface area contributed by atoms with Crippen LogP contribution in [0.1, 0.15) is 10.4 Å². The Balaban J connectivity index is 0.00000192. The van der Waals surface area contributed by atoms with Crippen molar-refractivity contribution in [3.05, 3.63) is 58.6 Å². The Hall–Kier alpha value is -0.764. The van der Waals surface area contributed by atoms with Crippen LogP contribution in [0.15, 0.2) is 53.0 Å². The van der Waals surface area contributed by atoms with Gasteiger partial charge in [0.2, 0.25) is 0 Å². The zero-order chi connectivity index (χ0) is 15.7. The maximum Gasteiger partial charge on any atom is 1.00 e. The summed E-state index contributed by atoms with van der Waals surface area (Å²) < 4.78 is 5.98. The maximum absolute atomic E-state index is 11.5. The van der Waals surface area contributed by atoms with Gasteiger partial charge in [0.25, 0.3) is 0 Å². The average Bonchev–Trinajstić information content (AvgIpc) is 2.53. The Morgan fingerprint density at radius 1 is 1.17 bits per heavy atom.